The summed E-state index contributed by atoms with van der Waals surface area (Å²) in [5, 5.41) is 14.6. The van der Waals surface area contributed by atoms with Gasteiger partial charge in [0.25, 0.3) is 11.6 Å². The minimum Gasteiger partial charge on any atom is -0.484 e. The molecule has 2 aromatic rings. The van der Waals surface area contributed by atoms with Gasteiger partial charge in [-0.15, -0.1) is 0 Å². The first-order valence-corrected chi connectivity index (χ1v) is 8.18. The Morgan fingerprint density at radius 3 is 2.84 bits per heavy atom. The Balaban J connectivity index is 1.89. The number of amides is 1. The van der Waals surface area contributed by atoms with Gasteiger partial charge in [0.15, 0.2) is 6.61 Å². The number of nitro benzene ring substituents is 1. The van der Waals surface area contributed by atoms with E-state index in [4.69, 9.17) is 16.3 Å². The number of aryl methyl sites for hydroxylation is 1. The maximum atomic E-state index is 11.7. The highest BCUT2D eigenvalue weighted by atomic mass is 79.9. The van der Waals surface area contributed by atoms with Crippen LogP contribution in [0, 0.1) is 17.0 Å². The van der Waals surface area contributed by atoms with Gasteiger partial charge in [0.05, 0.1) is 11.1 Å². The average Bonchev–Trinajstić information content (AvgIpc) is 2.57. The van der Waals surface area contributed by atoms with Crippen LogP contribution in [0.1, 0.15) is 11.1 Å². The highest BCUT2D eigenvalue weighted by Crippen LogP contribution is 2.24. The van der Waals surface area contributed by atoms with Crippen LogP contribution in [0.4, 0.5) is 5.69 Å². The third kappa shape index (κ3) is 5.54. The number of hydrogen-bond acceptors (Lipinski definition) is 5. The monoisotopic (exact) mass is 425 g/mol. The minimum atomic E-state index is -0.591. The highest BCUT2D eigenvalue weighted by molar-refractivity contribution is 9.10. The number of halogens is 2. The van der Waals surface area contributed by atoms with E-state index in [-0.39, 0.29) is 17.3 Å². The van der Waals surface area contributed by atoms with Gasteiger partial charge in [-0.25, -0.2) is 5.43 Å². The van der Waals surface area contributed by atoms with Gasteiger partial charge in [-0.05, 0) is 36.8 Å². The molecule has 0 unspecified atom stereocenters. The standard InChI is InChI=1S/C16H13BrClN3O4/c1-10-6-12(3-4-13(10)17)25-9-16(22)20-19-8-11-2-5-14(18)15(7-11)21(23)24/h2-8H,9H2,1H3,(H,20,22). The third-order valence-electron chi connectivity index (χ3n) is 3.07. The van der Waals surface area contributed by atoms with Gasteiger partial charge in [0.1, 0.15) is 10.8 Å². The van der Waals surface area contributed by atoms with Crippen molar-refractivity contribution in [2.75, 3.05) is 6.61 Å². The molecule has 0 aliphatic carbocycles. The summed E-state index contributed by atoms with van der Waals surface area (Å²) in [6, 6.07) is 9.56. The molecule has 0 fully saturated rings. The first-order chi connectivity index (χ1) is 11.9. The molecule has 0 atom stereocenters. The number of ether oxygens (including phenoxy) is 1. The number of nitrogens with zero attached hydrogens (tertiary/aromatic N) is 2. The Hall–Kier alpha value is -2.45. The van der Waals surface area contributed by atoms with E-state index in [0.29, 0.717) is 11.3 Å². The largest absolute Gasteiger partial charge is 0.484 e. The van der Waals surface area contributed by atoms with Crippen LogP contribution >= 0.6 is 27.5 Å². The molecule has 130 valence electrons. The Bertz CT molecular complexity index is 842. The van der Waals surface area contributed by atoms with Gasteiger partial charge in [-0.2, -0.15) is 5.10 Å². The van der Waals surface area contributed by atoms with Crippen LogP contribution in [0.5, 0.6) is 5.75 Å². The molecule has 0 spiro atoms. The molecule has 2 aromatic carbocycles. The zero-order valence-electron chi connectivity index (χ0n) is 13.0. The highest BCUT2D eigenvalue weighted by Gasteiger charge is 2.11. The van der Waals surface area contributed by atoms with Crippen molar-refractivity contribution in [3.05, 3.63) is 67.1 Å². The number of benzene rings is 2. The van der Waals surface area contributed by atoms with Crippen molar-refractivity contribution >= 4 is 45.3 Å². The van der Waals surface area contributed by atoms with Crippen molar-refractivity contribution in [2.45, 2.75) is 6.92 Å². The van der Waals surface area contributed by atoms with Crippen molar-refractivity contribution in [2.24, 2.45) is 5.10 Å². The van der Waals surface area contributed by atoms with Crippen LogP contribution in [0.2, 0.25) is 5.02 Å². The molecule has 0 aliphatic rings. The zero-order valence-corrected chi connectivity index (χ0v) is 15.4. The normalized spacial score (nSPS) is 10.7. The number of rotatable bonds is 6. The Morgan fingerprint density at radius 1 is 1.40 bits per heavy atom. The lowest BCUT2D eigenvalue weighted by Crippen LogP contribution is -2.24. The zero-order chi connectivity index (χ0) is 18.4. The van der Waals surface area contributed by atoms with Crippen molar-refractivity contribution in [3.8, 4) is 5.75 Å². The summed E-state index contributed by atoms with van der Waals surface area (Å²) in [7, 11) is 0. The fourth-order valence-corrected chi connectivity index (χ4v) is 2.25. The van der Waals surface area contributed by atoms with E-state index in [1.165, 1.54) is 18.3 Å². The smallest absolute Gasteiger partial charge is 0.288 e. The molecule has 1 N–H and O–H groups in total. The number of carbonyl (C=O) groups excluding carboxylic acids is 1. The Labute approximate surface area is 156 Å². The van der Waals surface area contributed by atoms with Gasteiger partial charge >= 0.3 is 0 Å². The number of nitrogens with one attached hydrogen (secondary N) is 1. The average molecular weight is 427 g/mol. The maximum absolute atomic E-state index is 11.7. The predicted molar refractivity (Wildman–Crippen MR) is 98.2 cm³/mol. The fourth-order valence-electron chi connectivity index (χ4n) is 1.82. The summed E-state index contributed by atoms with van der Waals surface area (Å²) >= 11 is 9.10. The van der Waals surface area contributed by atoms with E-state index >= 15 is 0 Å². The minimum absolute atomic E-state index is 0.0318. The molecule has 25 heavy (non-hydrogen) atoms. The lowest BCUT2D eigenvalue weighted by molar-refractivity contribution is -0.384. The second-order valence-corrected chi connectivity index (χ2v) is 6.22. The lowest BCUT2D eigenvalue weighted by atomic mass is 10.2. The third-order valence-corrected chi connectivity index (χ3v) is 4.28. The lowest BCUT2D eigenvalue weighted by Gasteiger charge is -2.06. The quantitative estimate of drug-likeness (QED) is 0.431. The number of carbonyl (C=O) groups is 1. The van der Waals surface area contributed by atoms with Crippen LogP contribution in [0.3, 0.4) is 0 Å². The van der Waals surface area contributed by atoms with Crippen molar-refractivity contribution < 1.29 is 14.5 Å². The molecule has 0 aliphatic heterocycles. The van der Waals surface area contributed by atoms with Crippen molar-refractivity contribution in [1.82, 2.24) is 5.43 Å². The van der Waals surface area contributed by atoms with Crippen LogP contribution in [0.25, 0.3) is 0 Å². The van der Waals surface area contributed by atoms with E-state index in [2.05, 4.69) is 26.5 Å². The van der Waals surface area contributed by atoms with E-state index < -0.39 is 10.8 Å². The van der Waals surface area contributed by atoms with Crippen LogP contribution < -0.4 is 10.2 Å². The van der Waals surface area contributed by atoms with Gasteiger partial charge in [0.2, 0.25) is 0 Å². The fraction of sp³-hybridized carbons (Fsp3) is 0.125. The molecular formula is C16H13BrClN3O4. The Morgan fingerprint density at radius 2 is 2.16 bits per heavy atom. The van der Waals surface area contributed by atoms with Gasteiger partial charge in [-0.1, -0.05) is 33.6 Å². The summed E-state index contributed by atoms with van der Waals surface area (Å²) in [6.45, 7) is 1.70. The topological polar surface area (TPSA) is 93.8 Å². The second-order valence-electron chi connectivity index (χ2n) is 4.96. The molecule has 1 amide bonds. The van der Waals surface area contributed by atoms with Crippen molar-refractivity contribution in [3.63, 3.8) is 0 Å². The van der Waals surface area contributed by atoms with Crippen LogP contribution in [-0.4, -0.2) is 23.7 Å². The van der Waals surface area contributed by atoms with E-state index in [9.17, 15) is 14.9 Å². The first-order valence-electron chi connectivity index (χ1n) is 7.01. The molecule has 0 aromatic heterocycles. The molecule has 2 rings (SSSR count). The van der Waals surface area contributed by atoms with E-state index in [1.807, 2.05) is 13.0 Å². The summed E-state index contributed by atoms with van der Waals surface area (Å²) in [5.74, 6) is 0.105. The van der Waals surface area contributed by atoms with Gasteiger partial charge in [0, 0.05) is 16.1 Å². The summed E-state index contributed by atoms with van der Waals surface area (Å²) in [4.78, 5) is 21.9. The predicted octanol–water partition coefficient (Wildman–Crippen LogP) is 3.85. The molecule has 7 nitrogen and oxygen atoms in total. The molecule has 0 saturated heterocycles. The van der Waals surface area contributed by atoms with E-state index in [0.717, 1.165) is 10.0 Å². The Kier molecular flexibility index (Phi) is 6.49. The maximum Gasteiger partial charge on any atom is 0.288 e. The number of hydrogen-bond donors (Lipinski definition) is 1. The number of nitro groups is 1. The molecule has 0 radical (unpaired) electrons. The van der Waals surface area contributed by atoms with Gasteiger partial charge in [-0.3, -0.25) is 14.9 Å². The van der Waals surface area contributed by atoms with Crippen molar-refractivity contribution in [1.29, 1.82) is 0 Å². The van der Waals surface area contributed by atoms with Gasteiger partial charge < -0.3 is 4.74 Å². The molecule has 9 heteroatoms. The molecule has 0 heterocycles. The molecular weight excluding hydrogens is 414 g/mol. The summed E-state index contributed by atoms with van der Waals surface area (Å²) in [6.07, 6.45) is 1.28. The number of hydrazone groups is 1. The molecule has 0 saturated carbocycles. The molecule has 0 bridgehead atoms. The summed E-state index contributed by atoms with van der Waals surface area (Å²) in [5.41, 5.74) is 3.47. The van der Waals surface area contributed by atoms with E-state index in [1.54, 1.807) is 18.2 Å². The van der Waals surface area contributed by atoms with Crippen LogP contribution in [-0.2, 0) is 4.79 Å². The first kappa shape index (κ1) is 18.9. The SMILES string of the molecule is Cc1cc(OCC(=O)NN=Cc2ccc(Cl)c([N+](=O)[O-])c2)ccc1Br. The second kappa shape index (κ2) is 8.59. The van der Waals surface area contributed by atoms with Crippen LogP contribution in [0.15, 0.2) is 46.0 Å². The summed E-state index contributed by atoms with van der Waals surface area (Å²) < 4.78 is 6.31.